The molecule has 1 aliphatic rings. The van der Waals surface area contributed by atoms with Crippen LogP contribution in [0.1, 0.15) is 12.0 Å². The molecule has 2 aromatic carbocycles. The summed E-state index contributed by atoms with van der Waals surface area (Å²) in [7, 11) is -3.71. The number of fused-ring (bicyclic) bond motifs is 1. The normalized spacial score (nSPS) is 13.9. The second-order valence-electron chi connectivity index (χ2n) is 6.35. The Bertz CT molecular complexity index is 1070. The van der Waals surface area contributed by atoms with Crippen LogP contribution in [0.2, 0.25) is 5.02 Å². The SMILES string of the molecule is O=S(=O)(Nc1ccc(N2CCCc3ccccc32)nc1)c1cccc(Cl)c1. The fourth-order valence-corrected chi connectivity index (χ4v) is 4.57. The summed E-state index contributed by atoms with van der Waals surface area (Å²) in [6.07, 6.45) is 3.65. The van der Waals surface area contributed by atoms with Crippen molar-refractivity contribution in [3.05, 3.63) is 77.4 Å². The minimum Gasteiger partial charge on any atom is -0.326 e. The first-order valence-electron chi connectivity index (χ1n) is 8.63. The molecule has 0 amide bonds. The van der Waals surface area contributed by atoms with Gasteiger partial charge in [0.25, 0.3) is 10.0 Å². The molecule has 0 aliphatic carbocycles. The van der Waals surface area contributed by atoms with Crippen molar-refractivity contribution in [1.82, 2.24) is 4.98 Å². The lowest BCUT2D eigenvalue weighted by molar-refractivity contribution is 0.601. The van der Waals surface area contributed by atoms with Gasteiger partial charge in [-0.2, -0.15) is 0 Å². The van der Waals surface area contributed by atoms with Crippen LogP contribution in [0.25, 0.3) is 0 Å². The Balaban J connectivity index is 1.57. The second-order valence-corrected chi connectivity index (χ2v) is 8.47. The summed E-state index contributed by atoms with van der Waals surface area (Å²) in [6.45, 7) is 0.887. The van der Waals surface area contributed by atoms with Crippen molar-refractivity contribution in [2.24, 2.45) is 0 Å². The lowest BCUT2D eigenvalue weighted by Crippen LogP contribution is -2.25. The van der Waals surface area contributed by atoms with Crippen molar-refractivity contribution >= 4 is 38.8 Å². The lowest BCUT2D eigenvalue weighted by Gasteiger charge is -2.30. The summed E-state index contributed by atoms with van der Waals surface area (Å²) >= 11 is 5.89. The highest BCUT2D eigenvalue weighted by Crippen LogP contribution is 2.32. The first-order valence-corrected chi connectivity index (χ1v) is 10.5. The van der Waals surface area contributed by atoms with Gasteiger partial charge in [-0.25, -0.2) is 13.4 Å². The number of anilines is 3. The maximum absolute atomic E-state index is 12.5. The number of rotatable bonds is 4. The van der Waals surface area contributed by atoms with Gasteiger partial charge in [0.05, 0.1) is 16.8 Å². The summed E-state index contributed by atoms with van der Waals surface area (Å²) in [5.74, 6) is 0.799. The maximum Gasteiger partial charge on any atom is 0.261 e. The van der Waals surface area contributed by atoms with Crippen LogP contribution in [0.3, 0.4) is 0 Å². The first kappa shape index (κ1) is 17.8. The van der Waals surface area contributed by atoms with Gasteiger partial charge in [-0.1, -0.05) is 35.9 Å². The van der Waals surface area contributed by atoms with Crippen LogP contribution in [-0.2, 0) is 16.4 Å². The first-order chi connectivity index (χ1) is 13.0. The fraction of sp³-hybridized carbons (Fsp3) is 0.150. The van der Waals surface area contributed by atoms with Gasteiger partial charge in [0.2, 0.25) is 0 Å². The topological polar surface area (TPSA) is 62.3 Å². The van der Waals surface area contributed by atoms with Crippen LogP contribution in [0.4, 0.5) is 17.2 Å². The van der Waals surface area contributed by atoms with Crippen molar-refractivity contribution in [2.75, 3.05) is 16.2 Å². The zero-order valence-electron chi connectivity index (χ0n) is 14.5. The van der Waals surface area contributed by atoms with Crippen molar-refractivity contribution in [3.8, 4) is 0 Å². The number of halogens is 1. The van der Waals surface area contributed by atoms with Crippen LogP contribution in [0.15, 0.2) is 71.8 Å². The number of aromatic nitrogens is 1. The van der Waals surface area contributed by atoms with Crippen LogP contribution < -0.4 is 9.62 Å². The molecule has 0 unspecified atom stereocenters. The largest absolute Gasteiger partial charge is 0.326 e. The minimum atomic E-state index is -3.71. The quantitative estimate of drug-likeness (QED) is 0.695. The third kappa shape index (κ3) is 3.77. The van der Waals surface area contributed by atoms with Gasteiger partial charge >= 0.3 is 0 Å². The molecule has 4 rings (SSSR count). The van der Waals surface area contributed by atoms with E-state index < -0.39 is 10.0 Å². The number of para-hydroxylation sites is 1. The summed E-state index contributed by atoms with van der Waals surface area (Å²) in [5, 5.41) is 0.370. The van der Waals surface area contributed by atoms with Gasteiger partial charge < -0.3 is 4.90 Å². The summed E-state index contributed by atoms with van der Waals surface area (Å²) < 4.78 is 27.5. The number of pyridine rings is 1. The van der Waals surface area contributed by atoms with E-state index >= 15 is 0 Å². The van der Waals surface area contributed by atoms with Crippen molar-refractivity contribution in [1.29, 1.82) is 0 Å². The lowest BCUT2D eigenvalue weighted by atomic mass is 10.0. The van der Waals surface area contributed by atoms with E-state index in [0.717, 1.165) is 30.9 Å². The molecule has 0 spiro atoms. The number of nitrogens with zero attached hydrogens (tertiary/aromatic N) is 2. The molecule has 1 aromatic heterocycles. The standard InChI is InChI=1S/C20H18ClN3O2S/c21-16-7-3-8-18(13-16)27(25,26)23-17-10-11-20(22-14-17)24-12-4-6-15-5-1-2-9-19(15)24/h1-3,5,7-11,13-14,23H,4,6,12H2. The Morgan fingerprint density at radius 2 is 1.89 bits per heavy atom. The molecule has 0 bridgehead atoms. The summed E-state index contributed by atoms with van der Waals surface area (Å²) in [6, 6.07) is 18.0. The predicted molar refractivity (Wildman–Crippen MR) is 108 cm³/mol. The Morgan fingerprint density at radius 3 is 2.67 bits per heavy atom. The molecule has 3 aromatic rings. The average molecular weight is 400 g/mol. The zero-order valence-corrected chi connectivity index (χ0v) is 16.0. The van der Waals surface area contributed by atoms with E-state index in [4.69, 9.17) is 11.6 Å². The molecule has 0 atom stereocenters. The Kier molecular flexibility index (Phi) is 4.76. The fourth-order valence-electron chi connectivity index (χ4n) is 3.23. The third-order valence-corrected chi connectivity index (χ3v) is 6.11. The van der Waals surface area contributed by atoms with E-state index in [9.17, 15) is 8.42 Å². The van der Waals surface area contributed by atoms with E-state index in [-0.39, 0.29) is 4.90 Å². The molecule has 0 radical (unpaired) electrons. The monoisotopic (exact) mass is 399 g/mol. The van der Waals surface area contributed by atoms with E-state index in [0.29, 0.717) is 10.7 Å². The molecular formula is C20H18ClN3O2S. The van der Waals surface area contributed by atoms with E-state index in [1.54, 1.807) is 18.2 Å². The highest BCUT2D eigenvalue weighted by atomic mass is 35.5. The van der Waals surface area contributed by atoms with Crippen LogP contribution >= 0.6 is 11.6 Å². The van der Waals surface area contributed by atoms with Crippen molar-refractivity contribution in [2.45, 2.75) is 17.7 Å². The average Bonchev–Trinajstić information content (AvgIpc) is 2.68. The highest BCUT2D eigenvalue weighted by Gasteiger charge is 2.19. The van der Waals surface area contributed by atoms with Crippen molar-refractivity contribution < 1.29 is 8.42 Å². The van der Waals surface area contributed by atoms with Gasteiger partial charge in [0, 0.05) is 17.3 Å². The smallest absolute Gasteiger partial charge is 0.261 e. The molecule has 1 N–H and O–H groups in total. The number of hydrogen-bond acceptors (Lipinski definition) is 4. The van der Waals surface area contributed by atoms with Crippen LogP contribution in [0, 0.1) is 0 Å². The van der Waals surface area contributed by atoms with Crippen molar-refractivity contribution in [3.63, 3.8) is 0 Å². The molecule has 138 valence electrons. The number of aryl methyl sites for hydroxylation is 1. The summed E-state index contributed by atoms with van der Waals surface area (Å²) in [5.41, 5.74) is 2.86. The molecule has 27 heavy (non-hydrogen) atoms. The Hall–Kier alpha value is -2.57. The third-order valence-electron chi connectivity index (χ3n) is 4.49. The van der Waals surface area contributed by atoms with Gasteiger partial charge in [-0.3, -0.25) is 4.72 Å². The molecule has 1 aliphatic heterocycles. The van der Waals surface area contributed by atoms with E-state index in [1.165, 1.54) is 23.9 Å². The van der Waals surface area contributed by atoms with Gasteiger partial charge in [-0.15, -0.1) is 0 Å². The second kappa shape index (κ2) is 7.21. The molecule has 5 nitrogen and oxygen atoms in total. The summed E-state index contributed by atoms with van der Waals surface area (Å²) in [4.78, 5) is 6.75. The molecule has 7 heteroatoms. The highest BCUT2D eigenvalue weighted by molar-refractivity contribution is 7.92. The van der Waals surface area contributed by atoms with Crippen LogP contribution in [0.5, 0.6) is 0 Å². The Labute approximate surface area is 163 Å². The number of sulfonamides is 1. The Morgan fingerprint density at radius 1 is 1.04 bits per heavy atom. The maximum atomic E-state index is 12.5. The molecule has 0 fully saturated rings. The van der Waals surface area contributed by atoms with Crippen LogP contribution in [-0.4, -0.2) is 19.9 Å². The molecule has 0 saturated heterocycles. The number of hydrogen-bond donors (Lipinski definition) is 1. The van der Waals surface area contributed by atoms with Gasteiger partial charge in [-0.05, 0) is 54.8 Å². The van der Waals surface area contributed by atoms with Gasteiger partial charge in [0.15, 0.2) is 0 Å². The van der Waals surface area contributed by atoms with E-state index in [1.807, 2.05) is 18.2 Å². The van der Waals surface area contributed by atoms with Gasteiger partial charge in [0.1, 0.15) is 5.82 Å². The predicted octanol–water partition coefficient (Wildman–Crippen LogP) is 4.62. The minimum absolute atomic E-state index is 0.115. The number of nitrogens with one attached hydrogen (secondary N) is 1. The van der Waals surface area contributed by atoms with E-state index in [2.05, 4.69) is 26.7 Å². The molecule has 0 saturated carbocycles. The zero-order chi connectivity index (χ0) is 18.9. The molecule has 2 heterocycles. The number of benzene rings is 2. The molecular weight excluding hydrogens is 382 g/mol.